The number of hydrogen-bond acceptors (Lipinski definition) is 4. The van der Waals surface area contributed by atoms with Gasteiger partial charge in [0.2, 0.25) is 0 Å². The van der Waals surface area contributed by atoms with Gasteiger partial charge in [-0.15, -0.1) is 0 Å². The van der Waals surface area contributed by atoms with E-state index in [-0.39, 0.29) is 38.9 Å². The number of aliphatic hydroxyl groups is 1. The molecule has 4 nitrogen and oxygen atoms in total. The third-order valence-corrected chi connectivity index (χ3v) is 14.2. The zero-order valence-corrected chi connectivity index (χ0v) is 25.5. The van der Waals surface area contributed by atoms with Crippen LogP contribution in [0.2, 0.25) is 0 Å². The van der Waals surface area contributed by atoms with Crippen LogP contribution < -0.4 is 0 Å². The fourth-order valence-corrected chi connectivity index (χ4v) is 12.3. The van der Waals surface area contributed by atoms with Crippen molar-refractivity contribution >= 4 is 5.78 Å². The molecular weight excluding hydrogens is 472 g/mol. The minimum atomic E-state index is -0.470. The van der Waals surface area contributed by atoms with Gasteiger partial charge in [-0.2, -0.15) is 0 Å². The van der Waals surface area contributed by atoms with Gasteiger partial charge in [0.25, 0.3) is 0 Å². The van der Waals surface area contributed by atoms with Crippen LogP contribution in [0.15, 0.2) is 11.6 Å². The number of ketones is 1. The Morgan fingerprint density at radius 2 is 1.66 bits per heavy atom. The van der Waals surface area contributed by atoms with Crippen molar-refractivity contribution in [3.05, 3.63) is 11.6 Å². The summed E-state index contributed by atoms with van der Waals surface area (Å²) in [5.41, 5.74) is 1.76. The minimum Gasteiger partial charge on any atom is -0.389 e. The van der Waals surface area contributed by atoms with E-state index in [1.807, 2.05) is 6.92 Å². The highest BCUT2D eigenvalue weighted by Crippen LogP contribution is 2.76. The van der Waals surface area contributed by atoms with Gasteiger partial charge in [0.05, 0.1) is 19.3 Å². The number of allylic oxidation sites excluding steroid dienone is 1. The number of ether oxygens (including phenoxy) is 2. The van der Waals surface area contributed by atoms with Crippen LogP contribution in [0.5, 0.6) is 0 Å². The van der Waals surface area contributed by atoms with Gasteiger partial charge in [0, 0.05) is 23.7 Å². The van der Waals surface area contributed by atoms with E-state index < -0.39 is 11.9 Å². The van der Waals surface area contributed by atoms with Crippen LogP contribution in [0.3, 0.4) is 0 Å². The number of rotatable bonds is 2. The van der Waals surface area contributed by atoms with Crippen molar-refractivity contribution in [1.82, 2.24) is 0 Å². The lowest BCUT2D eigenvalue weighted by Gasteiger charge is -2.73. The van der Waals surface area contributed by atoms with Gasteiger partial charge in [0.15, 0.2) is 5.79 Å². The molecule has 5 aliphatic carbocycles. The topological polar surface area (TPSA) is 55.8 Å². The summed E-state index contributed by atoms with van der Waals surface area (Å²) < 4.78 is 12.8. The molecule has 4 heteroatoms. The van der Waals surface area contributed by atoms with Crippen molar-refractivity contribution in [3.63, 3.8) is 0 Å². The first-order valence-electron chi connectivity index (χ1n) is 15.9. The van der Waals surface area contributed by atoms with Gasteiger partial charge in [-0.05, 0) is 97.7 Å². The normalized spacial score (nSPS) is 50.3. The molecule has 9 atom stereocenters. The summed E-state index contributed by atoms with van der Waals surface area (Å²) >= 11 is 0. The van der Waals surface area contributed by atoms with E-state index in [0.29, 0.717) is 36.8 Å². The van der Waals surface area contributed by atoms with E-state index in [0.717, 1.165) is 51.4 Å². The zero-order chi connectivity index (χ0) is 27.5. The van der Waals surface area contributed by atoms with Gasteiger partial charge >= 0.3 is 0 Å². The molecule has 1 N–H and O–H groups in total. The first-order chi connectivity index (χ1) is 17.7. The van der Waals surface area contributed by atoms with E-state index in [2.05, 4.69) is 54.5 Å². The van der Waals surface area contributed by atoms with Crippen molar-refractivity contribution in [2.75, 3.05) is 13.2 Å². The zero-order valence-electron chi connectivity index (χ0n) is 25.5. The number of aliphatic hydroxyl groups excluding tert-OH is 1. The second-order valence-corrected chi connectivity index (χ2v) is 16.3. The van der Waals surface area contributed by atoms with Crippen molar-refractivity contribution in [3.8, 4) is 0 Å². The number of hydrogen-bond donors (Lipinski definition) is 1. The van der Waals surface area contributed by atoms with Gasteiger partial charge in [0.1, 0.15) is 5.78 Å². The highest BCUT2D eigenvalue weighted by molar-refractivity contribution is 5.79. The van der Waals surface area contributed by atoms with E-state index in [1.54, 1.807) is 0 Å². The van der Waals surface area contributed by atoms with Gasteiger partial charge < -0.3 is 14.6 Å². The molecule has 0 aromatic heterocycles. The average Bonchev–Trinajstić information content (AvgIpc) is 3.32. The van der Waals surface area contributed by atoms with Crippen molar-refractivity contribution < 1.29 is 19.4 Å². The van der Waals surface area contributed by atoms with Crippen LogP contribution in [0, 0.1) is 56.7 Å². The number of fused-ring (bicyclic) bond motifs is 7. The minimum absolute atomic E-state index is 0.0409. The molecule has 1 aliphatic heterocycles. The van der Waals surface area contributed by atoms with Crippen LogP contribution >= 0.6 is 0 Å². The fourth-order valence-electron chi connectivity index (χ4n) is 12.3. The van der Waals surface area contributed by atoms with E-state index in [4.69, 9.17) is 9.47 Å². The Hall–Kier alpha value is -0.710. The summed E-state index contributed by atoms with van der Waals surface area (Å²) in [6, 6.07) is 0. The standard InChI is InChI=1S/C34H54O4/c1-9-33-14-15-34(37-16-17-38-34)30(5,6)27(33)11-13-32(8)28(33)26(36)18-25-24-20-29(3,4)19-23(21(2)35)22(24)10-12-31(25,32)7/h18,22-24,26-28,36H,9-17,19-20H2,1-8H3/t22?,23-,24?,26-,27?,28?,31+,32+,33-/m0/s1. The molecule has 214 valence electrons. The van der Waals surface area contributed by atoms with Crippen molar-refractivity contribution in [2.45, 2.75) is 125 Å². The molecule has 5 fully saturated rings. The van der Waals surface area contributed by atoms with Crippen LogP contribution in [-0.2, 0) is 14.3 Å². The molecule has 4 saturated carbocycles. The second-order valence-electron chi connectivity index (χ2n) is 16.3. The highest BCUT2D eigenvalue weighted by Gasteiger charge is 2.72. The molecule has 6 rings (SSSR count). The maximum atomic E-state index is 12.9. The molecule has 1 saturated heterocycles. The molecule has 0 aromatic rings. The first-order valence-corrected chi connectivity index (χ1v) is 15.9. The van der Waals surface area contributed by atoms with Crippen LogP contribution in [-0.4, -0.2) is 36.0 Å². The van der Waals surface area contributed by atoms with Gasteiger partial charge in [-0.3, -0.25) is 4.79 Å². The predicted octanol–water partition coefficient (Wildman–Crippen LogP) is 7.34. The SMILES string of the molecule is CC[C@]12CCC3(OCCO3)C(C)(C)C1CC[C@]1(C)C2[C@@H](O)C=C2C3CC(C)(C)C[C@@H](C(C)=O)C3CC[C@]21C. The molecule has 1 heterocycles. The molecule has 1 spiro atoms. The van der Waals surface area contributed by atoms with Gasteiger partial charge in [-0.25, -0.2) is 0 Å². The average molecular weight is 527 g/mol. The van der Waals surface area contributed by atoms with Crippen LogP contribution in [0.25, 0.3) is 0 Å². The smallest absolute Gasteiger partial charge is 0.173 e. The van der Waals surface area contributed by atoms with Gasteiger partial charge in [-0.1, -0.05) is 60.1 Å². The molecule has 4 unspecified atom stereocenters. The Morgan fingerprint density at radius 1 is 0.974 bits per heavy atom. The Balaban J connectivity index is 1.44. The van der Waals surface area contributed by atoms with Crippen LogP contribution in [0.4, 0.5) is 0 Å². The lowest BCUT2D eigenvalue weighted by atomic mass is 9.33. The maximum absolute atomic E-state index is 12.9. The number of Topliss-reactive ketones (excluding diaryl/α,β-unsaturated/α-hetero) is 1. The molecule has 0 bridgehead atoms. The summed E-state index contributed by atoms with van der Waals surface area (Å²) in [5, 5.41) is 12.3. The maximum Gasteiger partial charge on any atom is 0.173 e. The molecule has 0 aromatic carbocycles. The van der Waals surface area contributed by atoms with E-state index in [1.165, 1.54) is 12.0 Å². The van der Waals surface area contributed by atoms with E-state index >= 15 is 0 Å². The quantitative estimate of drug-likeness (QED) is 0.383. The second kappa shape index (κ2) is 8.41. The highest BCUT2D eigenvalue weighted by atomic mass is 16.7. The van der Waals surface area contributed by atoms with Crippen molar-refractivity contribution in [2.24, 2.45) is 56.7 Å². The number of carbonyl (C=O) groups is 1. The summed E-state index contributed by atoms with van der Waals surface area (Å²) in [7, 11) is 0. The van der Waals surface area contributed by atoms with E-state index in [9.17, 15) is 9.90 Å². The molecule has 6 aliphatic rings. The fraction of sp³-hybridized carbons (Fsp3) is 0.912. The first kappa shape index (κ1) is 27.5. The summed E-state index contributed by atoms with van der Waals surface area (Å²) in [6.45, 7) is 20.2. The Bertz CT molecular complexity index is 1020. The summed E-state index contributed by atoms with van der Waals surface area (Å²) in [5.74, 6) is 1.62. The third kappa shape index (κ3) is 3.29. The Morgan fingerprint density at radius 3 is 2.29 bits per heavy atom. The predicted molar refractivity (Wildman–Crippen MR) is 150 cm³/mol. The molecule has 0 amide bonds. The Labute approximate surface area is 231 Å². The monoisotopic (exact) mass is 526 g/mol. The third-order valence-electron chi connectivity index (χ3n) is 14.2. The van der Waals surface area contributed by atoms with Crippen molar-refractivity contribution in [1.29, 1.82) is 0 Å². The lowest BCUT2D eigenvalue weighted by Crippen LogP contribution is -2.69. The molecule has 38 heavy (non-hydrogen) atoms. The summed E-state index contributed by atoms with van der Waals surface area (Å²) in [4.78, 5) is 12.9. The Kier molecular flexibility index (Phi) is 6.08. The number of carbonyl (C=O) groups excluding carboxylic acids is 1. The lowest BCUT2D eigenvalue weighted by molar-refractivity contribution is -0.316. The molecule has 0 radical (unpaired) electrons. The molecular formula is C34H54O4. The summed E-state index contributed by atoms with van der Waals surface area (Å²) in [6.07, 6.45) is 11.8. The largest absolute Gasteiger partial charge is 0.389 e. The van der Waals surface area contributed by atoms with Crippen LogP contribution in [0.1, 0.15) is 113 Å².